The van der Waals surface area contributed by atoms with Gasteiger partial charge < -0.3 is 10.2 Å². The molecule has 0 amide bonds. The van der Waals surface area contributed by atoms with Crippen LogP contribution in [0.4, 0.5) is 11.4 Å². The fraction of sp³-hybridized carbons (Fsp3) is 0.0192. The molecule has 8 aromatic carbocycles. The van der Waals surface area contributed by atoms with Gasteiger partial charge in [0.15, 0.2) is 0 Å². The van der Waals surface area contributed by atoms with Crippen LogP contribution in [0.15, 0.2) is 201 Å². The summed E-state index contributed by atoms with van der Waals surface area (Å²) in [5.41, 5.74) is 14.3. The highest BCUT2D eigenvalue weighted by Gasteiger charge is 2.30. The van der Waals surface area contributed by atoms with Gasteiger partial charge in [0.05, 0.1) is 11.4 Å². The van der Waals surface area contributed by atoms with Crippen LogP contribution < -0.4 is 10.2 Å². The Morgan fingerprint density at radius 1 is 0.455 bits per heavy atom. The number of allylic oxidation sites excluding steroid dienone is 2. The molecule has 1 unspecified atom stereocenters. The zero-order valence-corrected chi connectivity index (χ0v) is 30.0. The lowest BCUT2D eigenvalue weighted by molar-refractivity contribution is 0.908. The molecule has 0 saturated carbocycles. The lowest BCUT2D eigenvalue weighted by Gasteiger charge is -2.22. The number of aromatic nitrogens is 1. The summed E-state index contributed by atoms with van der Waals surface area (Å²) in [5.74, 6) is 0. The van der Waals surface area contributed by atoms with E-state index in [9.17, 15) is 0 Å². The number of anilines is 2. The second kappa shape index (κ2) is 12.7. The smallest absolute Gasteiger partial charge is 0.123 e. The summed E-state index contributed by atoms with van der Waals surface area (Å²) in [7, 11) is 0. The Labute approximate surface area is 320 Å². The molecule has 1 N–H and O–H groups in total. The number of pyridine rings is 1. The van der Waals surface area contributed by atoms with Crippen molar-refractivity contribution in [1.29, 1.82) is 0 Å². The maximum atomic E-state index is 4.34. The fourth-order valence-corrected chi connectivity index (χ4v) is 8.69. The average Bonchev–Trinajstić information content (AvgIpc) is 3.64. The zero-order valence-electron chi connectivity index (χ0n) is 30.0. The zero-order chi connectivity index (χ0) is 36.3. The summed E-state index contributed by atoms with van der Waals surface area (Å²) in [5, 5.41) is 11.3. The van der Waals surface area contributed by atoms with Crippen LogP contribution in [-0.4, -0.2) is 11.1 Å². The van der Waals surface area contributed by atoms with E-state index < -0.39 is 0 Å². The summed E-state index contributed by atoms with van der Waals surface area (Å²) in [4.78, 5) is 6.67. The van der Waals surface area contributed by atoms with E-state index in [0.29, 0.717) is 0 Å². The van der Waals surface area contributed by atoms with Crippen LogP contribution in [0.3, 0.4) is 0 Å². The predicted molar refractivity (Wildman–Crippen MR) is 232 cm³/mol. The Bertz CT molecular complexity index is 2960. The molecular formula is C52H35N3. The van der Waals surface area contributed by atoms with E-state index in [2.05, 4.69) is 197 Å². The molecule has 2 aliphatic heterocycles. The molecule has 55 heavy (non-hydrogen) atoms. The van der Waals surface area contributed by atoms with Crippen LogP contribution in [0.25, 0.3) is 88.0 Å². The number of nitrogens with zero attached hydrogens (tertiary/aromatic N) is 2. The quantitative estimate of drug-likeness (QED) is 0.181. The predicted octanol–water partition coefficient (Wildman–Crippen LogP) is 13.5. The monoisotopic (exact) mass is 701 g/mol. The summed E-state index contributed by atoms with van der Waals surface area (Å²) in [6, 6.07) is 60.1. The summed E-state index contributed by atoms with van der Waals surface area (Å²) in [6.45, 7) is 0. The third-order valence-corrected chi connectivity index (χ3v) is 11.3. The molecular weight excluding hydrogens is 667 g/mol. The maximum absolute atomic E-state index is 4.34. The van der Waals surface area contributed by atoms with E-state index in [1.165, 1.54) is 82.5 Å². The molecule has 258 valence electrons. The number of hydrogen-bond donors (Lipinski definition) is 1. The molecule has 2 aliphatic rings. The fourth-order valence-electron chi connectivity index (χ4n) is 8.69. The van der Waals surface area contributed by atoms with Gasteiger partial charge in [-0.3, -0.25) is 4.98 Å². The first-order valence-electron chi connectivity index (χ1n) is 18.9. The molecule has 9 aromatic rings. The molecule has 0 radical (unpaired) electrons. The topological polar surface area (TPSA) is 28.2 Å². The van der Waals surface area contributed by atoms with Gasteiger partial charge in [0.2, 0.25) is 0 Å². The lowest BCUT2D eigenvalue weighted by Crippen LogP contribution is -2.30. The van der Waals surface area contributed by atoms with Gasteiger partial charge in [-0.2, -0.15) is 0 Å². The number of benzene rings is 8. The van der Waals surface area contributed by atoms with Crippen molar-refractivity contribution in [2.45, 2.75) is 6.17 Å². The first-order chi connectivity index (χ1) is 27.3. The standard InChI is InChI=1S/C52H35N3/c1-2-12-37-29-40(26-23-34(37)11-1)51-45-18-5-3-16-43(45)50(44-17-4-6-19-46(44)51)39-14-9-13-38(30-39)42-31-47(52-48(32-42)55-28-8-7-20-49(55)54-52)36-24-21-35(22-25-36)41-15-10-27-53-33-41/h1-33,49,54H. The molecule has 3 nitrogen and oxygen atoms in total. The van der Waals surface area contributed by atoms with Crippen molar-refractivity contribution in [3.05, 3.63) is 201 Å². The minimum absolute atomic E-state index is 0.0776. The largest absolute Gasteiger partial charge is 0.359 e. The molecule has 0 saturated heterocycles. The van der Waals surface area contributed by atoms with Crippen molar-refractivity contribution in [2.75, 3.05) is 10.2 Å². The molecule has 3 heterocycles. The van der Waals surface area contributed by atoms with Crippen LogP contribution >= 0.6 is 0 Å². The van der Waals surface area contributed by atoms with Crippen LogP contribution in [-0.2, 0) is 0 Å². The van der Waals surface area contributed by atoms with Gasteiger partial charge in [0.25, 0.3) is 0 Å². The van der Waals surface area contributed by atoms with Crippen LogP contribution in [0.2, 0.25) is 0 Å². The van der Waals surface area contributed by atoms with Gasteiger partial charge in [-0.1, -0.05) is 140 Å². The minimum Gasteiger partial charge on any atom is -0.359 e. The third kappa shape index (κ3) is 5.24. The van der Waals surface area contributed by atoms with Crippen LogP contribution in [0, 0.1) is 0 Å². The Balaban J connectivity index is 1.08. The normalized spacial score (nSPS) is 14.3. The molecule has 0 fully saturated rings. The molecule has 11 rings (SSSR count). The van der Waals surface area contributed by atoms with Crippen molar-refractivity contribution in [3.63, 3.8) is 0 Å². The van der Waals surface area contributed by atoms with Gasteiger partial charge in [-0.25, -0.2) is 0 Å². The highest BCUT2D eigenvalue weighted by Crippen LogP contribution is 2.48. The van der Waals surface area contributed by atoms with Crippen molar-refractivity contribution >= 4 is 43.7 Å². The first-order valence-corrected chi connectivity index (χ1v) is 18.9. The number of fused-ring (bicyclic) bond motifs is 6. The summed E-state index contributed by atoms with van der Waals surface area (Å²) in [6.07, 6.45) is 12.4. The van der Waals surface area contributed by atoms with Gasteiger partial charge in [-0.05, 0) is 125 Å². The maximum Gasteiger partial charge on any atom is 0.123 e. The van der Waals surface area contributed by atoms with Crippen molar-refractivity contribution in [2.24, 2.45) is 0 Å². The Hall–Kier alpha value is -7.23. The summed E-state index contributed by atoms with van der Waals surface area (Å²) < 4.78 is 0. The van der Waals surface area contributed by atoms with E-state index in [-0.39, 0.29) is 6.17 Å². The minimum atomic E-state index is 0.0776. The van der Waals surface area contributed by atoms with Crippen LogP contribution in [0.1, 0.15) is 0 Å². The number of nitrogens with one attached hydrogen (secondary N) is 1. The van der Waals surface area contributed by atoms with E-state index in [1.54, 1.807) is 0 Å². The molecule has 0 bridgehead atoms. The summed E-state index contributed by atoms with van der Waals surface area (Å²) >= 11 is 0. The SMILES string of the molecule is C1=CC2Nc3c(-c4ccc(-c5cccnc5)cc4)cc(-c4cccc(-c5c6ccccc6c(-c6ccc7ccccc7c6)c6ccccc56)c4)cc3N2C=C1. The second-order valence-corrected chi connectivity index (χ2v) is 14.4. The van der Waals surface area contributed by atoms with E-state index in [1.807, 2.05) is 18.5 Å². The van der Waals surface area contributed by atoms with Gasteiger partial charge in [0.1, 0.15) is 6.17 Å². The third-order valence-electron chi connectivity index (χ3n) is 11.3. The number of hydrogen-bond acceptors (Lipinski definition) is 3. The van der Waals surface area contributed by atoms with Gasteiger partial charge in [0, 0.05) is 24.2 Å². The van der Waals surface area contributed by atoms with Crippen molar-refractivity contribution in [1.82, 2.24) is 4.98 Å². The highest BCUT2D eigenvalue weighted by molar-refractivity contribution is 6.22. The van der Waals surface area contributed by atoms with Gasteiger partial charge >= 0.3 is 0 Å². The van der Waals surface area contributed by atoms with Crippen LogP contribution in [0.5, 0.6) is 0 Å². The number of rotatable bonds is 5. The first kappa shape index (κ1) is 31.3. The lowest BCUT2D eigenvalue weighted by atomic mass is 9.85. The molecule has 0 spiro atoms. The Morgan fingerprint density at radius 3 is 1.82 bits per heavy atom. The molecule has 0 aliphatic carbocycles. The van der Waals surface area contributed by atoms with E-state index >= 15 is 0 Å². The molecule has 1 aromatic heterocycles. The van der Waals surface area contributed by atoms with Gasteiger partial charge in [-0.15, -0.1) is 0 Å². The molecule has 1 atom stereocenters. The highest BCUT2D eigenvalue weighted by atomic mass is 15.3. The second-order valence-electron chi connectivity index (χ2n) is 14.4. The average molecular weight is 702 g/mol. The Kier molecular flexibility index (Phi) is 7.24. The Morgan fingerprint density at radius 2 is 1.09 bits per heavy atom. The molecule has 3 heteroatoms. The van der Waals surface area contributed by atoms with E-state index in [0.717, 1.165) is 16.8 Å². The van der Waals surface area contributed by atoms with Crippen molar-refractivity contribution < 1.29 is 0 Å². The van der Waals surface area contributed by atoms with E-state index in [4.69, 9.17) is 0 Å². The van der Waals surface area contributed by atoms with Crippen molar-refractivity contribution in [3.8, 4) is 55.6 Å².